The number of nitrogen functional groups attached to an aromatic ring is 1. The number of piperidine rings is 2. The molecular weight excluding hydrogens is 368 g/mol. The van der Waals surface area contributed by atoms with Gasteiger partial charge < -0.3 is 15.5 Å². The van der Waals surface area contributed by atoms with Crippen molar-refractivity contribution in [3.8, 4) is 0 Å². The second kappa shape index (κ2) is 7.77. The maximum absolute atomic E-state index is 13.0. The Hall–Kier alpha value is -3.03. The molecule has 2 aromatic heterocycles. The van der Waals surface area contributed by atoms with E-state index in [9.17, 15) is 9.59 Å². The molecule has 0 radical (unpaired) electrons. The summed E-state index contributed by atoms with van der Waals surface area (Å²) in [5.74, 6) is 0.519. The number of anilines is 1. The van der Waals surface area contributed by atoms with Crippen molar-refractivity contribution in [2.75, 3.05) is 25.4 Å². The molecular formula is C21H26N6O2. The molecule has 8 nitrogen and oxygen atoms in total. The van der Waals surface area contributed by atoms with Crippen molar-refractivity contribution in [3.05, 3.63) is 47.7 Å². The van der Waals surface area contributed by atoms with Crippen LogP contribution in [0.25, 0.3) is 0 Å². The summed E-state index contributed by atoms with van der Waals surface area (Å²) in [7, 11) is 0. The lowest BCUT2D eigenvalue weighted by molar-refractivity contribution is -0.139. The lowest BCUT2D eigenvalue weighted by atomic mass is 9.73. The third-order valence-electron chi connectivity index (χ3n) is 5.92. The van der Waals surface area contributed by atoms with Gasteiger partial charge in [-0.3, -0.25) is 19.6 Å². The molecule has 1 spiro atoms. The fourth-order valence-electron chi connectivity index (χ4n) is 4.37. The van der Waals surface area contributed by atoms with Crippen molar-refractivity contribution in [2.24, 2.45) is 5.41 Å². The minimum atomic E-state index is -0.0683. The van der Waals surface area contributed by atoms with Crippen LogP contribution < -0.4 is 5.73 Å². The molecule has 8 heteroatoms. The third kappa shape index (κ3) is 4.21. The van der Waals surface area contributed by atoms with Crippen LogP contribution in [-0.4, -0.2) is 56.2 Å². The second-order valence-electron chi connectivity index (χ2n) is 8.20. The van der Waals surface area contributed by atoms with E-state index in [0.717, 1.165) is 37.2 Å². The van der Waals surface area contributed by atoms with Gasteiger partial charge in [0.15, 0.2) is 0 Å². The first-order chi connectivity index (χ1) is 13.9. The minimum absolute atomic E-state index is 0.0237. The van der Waals surface area contributed by atoms with Crippen LogP contribution in [0.3, 0.4) is 0 Å². The van der Waals surface area contributed by atoms with Gasteiger partial charge >= 0.3 is 0 Å². The Morgan fingerprint density at radius 2 is 2.00 bits per heavy atom. The van der Waals surface area contributed by atoms with E-state index in [2.05, 4.69) is 15.0 Å². The van der Waals surface area contributed by atoms with Crippen LogP contribution in [0.2, 0.25) is 0 Å². The molecule has 29 heavy (non-hydrogen) atoms. The molecule has 1 atom stereocenters. The van der Waals surface area contributed by atoms with Gasteiger partial charge in [-0.05, 0) is 38.3 Å². The van der Waals surface area contributed by atoms with Crippen LogP contribution in [0.4, 0.5) is 5.82 Å². The van der Waals surface area contributed by atoms with Gasteiger partial charge in [0, 0.05) is 43.9 Å². The summed E-state index contributed by atoms with van der Waals surface area (Å²) in [5.41, 5.74) is 7.76. The maximum Gasteiger partial charge on any atom is 0.255 e. The van der Waals surface area contributed by atoms with Crippen molar-refractivity contribution >= 4 is 17.6 Å². The number of pyridine rings is 1. The van der Waals surface area contributed by atoms with Gasteiger partial charge in [0.1, 0.15) is 5.82 Å². The molecule has 2 aliphatic rings. The summed E-state index contributed by atoms with van der Waals surface area (Å²) in [5, 5.41) is 0. The number of carbonyl (C=O) groups is 2. The molecule has 2 aliphatic heterocycles. The Kier molecular flexibility index (Phi) is 5.17. The number of amides is 2. The summed E-state index contributed by atoms with van der Waals surface area (Å²) in [6, 6.07) is 3.37. The standard InChI is InChI=1S/C21H26N6O2/c1-15-9-24-17(11-23-15)12-27-14-21(7-5-19(27)28)6-2-8-26(13-21)20(29)16-3-4-18(22)25-10-16/h3-4,9-11H,2,5-8,12-14H2,1H3,(H2,22,25)/t21-/m0/s1. The first-order valence-electron chi connectivity index (χ1n) is 10.0. The zero-order valence-corrected chi connectivity index (χ0v) is 16.7. The van der Waals surface area contributed by atoms with Gasteiger partial charge in [-0.25, -0.2) is 4.98 Å². The quantitative estimate of drug-likeness (QED) is 0.851. The maximum atomic E-state index is 13.0. The number of hydrogen-bond donors (Lipinski definition) is 1. The second-order valence-corrected chi connectivity index (χ2v) is 8.20. The van der Waals surface area contributed by atoms with Gasteiger partial charge in [-0.15, -0.1) is 0 Å². The van der Waals surface area contributed by atoms with E-state index in [1.54, 1.807) is 24.5 Å². The van der Waals surface area contributed by atoms with Crippen molar-refractivity contribution < 1.29 is 9.59 Å². The molecule has 2 aromatic rings. The number of likely N-dealkylation sites (tertiary alicyclic amines) is 2. The van der Waals surface area contributed by atoms with Crippen LogP contribution in [-0.2, 0) is 11.3 Å². The zero-order chi connectivity index (χ0) is 20.4. The lowest BCUT2D eigenvalue weighted by Crippen LogP contribution is -2.54. The predicted molar refractivity (Wildman–Crippen MR) is 108 cm³/mol. The van der Waals surface area contributed by atoms with Crippen LogP contribution in [0.15, 0.2) is 30.7 Å². The average molecular weight is 394 g/mol. The molecule has 2 saturated heterocycles. The SMILES string of the molecule is Cc1cnc(CN2C[C@@]3(CCCN(C(=O)c4ccc(N)nc4)C3)CCC2=O)cn1. The normalized spacial score (nSPS) is 22.2. The number of nitrogens with two attached hydrogens (primary N) is 1. The third-order valence-corrected chi connectivity index (χ3v) is 5.92. The molecule has 2 fully saturated rings. The predicted octanol–water partition coefficient (Wildman–Crippen LogP) is 1.81. The van der Waals surface area contributed by atoms with Gasteiger partial charge in [0.25, 0.3) is 5.91 Å². The van der Waals surface area contributed by atoms with Crippen LogP contribution in [0.5, 0.6) is 0 Å². The van der Waals surface area contributed by atoms with Gasteiger partial charge in [0.2, 0.25) is 5.91 Å². The van der Waals surface area contributed by atoms with Crippen molar-refractivity contribution in [3.63, 3.8) is 0 Å². The van der Waals surface area contributed by atoms with E-state index in [1.807, 2.05) is 16.7 Å². The number of aromatic nitrogens is 3. The molecule has 0 aliphatic carbocycles. The molecule has 0 aromatic carbocycles. The highest BCUT2D eigenvalue weighted by Gasteiger charge is 2.42. The molecule has 2 N–H and O–H groups in total. The molecule has 0 saturated carbocycles. The van der Waals surface area contributed by atoms with E-state index >= 15 is 0 Å². The van der Waals surface area contributed by atoms with Crippen molar-refractivity contribution in [2.45, 2.75) is 39.2 Å². The molecule has 4 rings (SSSR count). The number of carbonyl (C=O) groups excluding carboxylic acids is 2. The van der Waals surface area contributed by atoms with E-state index in [-0.39, 0.29) is 17.2 Å². The fraction of sp³-hybridized carbons (Fsp3) is 0.476. The molecule has 4 heterocycles. The summed E-state index contributed by atoms with van der Waals surface area (Å²) < 4.78 is 0. The summed E-state index contributed by atoms with van der Waals surface area (Å²) in [6.07, 6.45) is 8.25. The topological polar surface area (TPSA) is 105 Å². The Morgan fingerprint density at radius 1 is 1.14 bits per heavy atom. The summed E-state index contributed by atoms with van der Waals surface area (Å²) >= 11 is 0. The van der Waals surface area contributed by atoms with E-state index in [1.165, 1.54) is 6.20 Å². The minimum Gasteiger partial charge on any atom is -0.384 e. The largest absolute Gasteiger partial charge is 0.384 e. The Balaban J connectivity index is 1.47. The summed E-state index contributed by atoms with van der Waals surface area (Å²) in [6.45, 7) is 4.37. The average Bonchev–Trinajstić information content (AvgIpc) is 2.73. The van der Waals surface area contributed by atoms with Crippen molar-refractivity contribution in [1.29, 1.82) is 0 Å². The smallest absolute Gasteiger partial charge is 0.255 e. The number of nitrogens with zero attached hydrogens (tertiary/aromatic N) is 5. The highest BCUT2D eigenvalue weighted by Crippen LogP contribution is 2.39. The van der Waals surface area contributed by atoms with E-state index in [0.29, 0.717) is 37.4 Å². The summed E-state index contributed by atoms with van der Waals surface area (Å²) in [4.78, 5) is 42.0. The number of hydrogen-bond acceptors (Lipinski definition) is 6. The Morgan fingerprint density at radius 3 is 2.72 bits per heavy atom. The highest BCUT2D eigenvalue weighted by molar-refractivity contribution is 5.94. The van der Waals surface area contributed by atoms with E-state index in [4.69, 9.17) is 5.73 Å². The van der Waals surface area contributed by atoms with Crippen LogP contribution in [0.1, 0.15) is 47.4 Å². The fourth-order valence-corrected chi connectivity index (χ4v) is 4.37. The first kappa shape index (κ1) is 19.3. The Labute approximate surface area is 170 Å². The zero-order valence-electron chi connectivity index (χ0n) is 16.7. The number of aryl methyl sites for hydroxylation is 1. The van der Waals surface area contributed by atoms with Gasteiger partial charge in [0.05, 0.1) is 29.7 Å². The highest BCUT2D eigenvalue weighted by atomic mass is 16.2. The number of rotatable bonds is 3. The first-order valence-corrected chi connectivity index (χ1v) is 10.0. The van der Waals surface area contributed by atoms with Crippen LogP contribution in [0, 0.1) is 12.3 Å². The molecule has 2 amide bonds. The van der Waals surface area contributed by atoms with E-state index < -0.39 is 0 Å². The molecule has 0 bridgehead atoms. The van der Waals surface area contributed by atoms with Crippen molar-refractivity contribution in [1.82, 2.24) is 24.8 Å². The van der Waals surface area contributed by atoms with Gasteiger partial charge in [-0.1, -0.05) is 0 Å². The van der Waals surface area contributed by atoms with Crippen LogP contribution >= 0.6 is 0 Å². The monoisotopic (exact) mass is 394 g/mol. The van der Waals surface area contributed by atoms with Gasteiger partial charge in [-0.2, -0.15) is 0 Å². The molecule has 0 unspecified atom stereocenters. The lowest BCUT2D eigenvalue weighted by Gasteiger charge is -2.48. The molecule has 152 valence electrons. The Bertz CT molecular complexity index is 892.